The molecular weight excluding hydrogens is 752 g/mol. The number of carbonyl (C=O) groups excluding carboxylic acids is 2. The Bertz CT molecular complexity index is 1860. The molecule has 2 bridgehead atoms. The molecule has 5 aliphatic rings. The summed E-state index contributed by atoms with van der Waals surface area (Å²) in [6.07, 6.45) is 6.84. The van der Waals surface area contributed by atoms with E-state index in [1.807, 2.05) is 30.0 Å². The van der Waals surface area contributed by atoms with Crippen LogP contribution < -0.4 is 14.4 Å². The molecule has 11 nitrogen and oxygen atoms in total. The van der Waals surface area contributed by atoms with Crippen molar-refractivity contribution in [2.45, 2.75) is 81.5 Å². The second-order valence-electron chi connectivity index (χ2n) is 17.3. The van der Waals surface area contributed by atoms with Crippen molar-refractivity contribution in [3.05, 3.63) is 58.1 Å². The van der Waals surface area contributed by atoms with Gasteiger partial charge in [0.1, 0.15) is 5.75 Å². The molecule has 7 rings (SSSR count). The van der Waals surface area contributed by atoms with Gasteiger partial charge in [-0.05, 0) is 117 Å². The zero-order valence-electron chi connectivity index (χ0n) is 33.4. The van der Waals surface area contributed by atoms with Crippen LogP contribution >= 0.6 is 11.6 Å². The molecule has 56 heavy (non-hydrogen) atoms. The van der Waals surface area contributed by atoms with Gasteiger partial charge in [-0.2, -0.15) is 0 Å². The molecule has 2 amide bonds. The molecule has 2 aromatic rings. The van der Waals surface area contributed by atoms with Crippen LogP contribution in [0.3, 0.4) is 0 Å². The zero-order chi connectivity index (χ0) is 39.7. The molecule has 2 aromatic carbocycles. The lowest BCUT2D eigenvalue weighted by molar-refractivity contribution is -0.142. The van der Waals surface area contributed by atoms with Crippen LogP contribution in [-0.4, -0.2) is 127 Å². The van der Waals surface area contributed by atoms with Gasteiger partial charge in [-0.1, -0.05) is 31.0 Å². The minimum Gasteiger partial charge on any atom is -0.490 e. The van der Waals surface area contributed by atoms with Gasteiger partial charge in [-0.3, -0.25) is 19.2 Å². The summed E-state index contributed by atoms with van der Waals surface area (Å²) in [5, 5.41) is 13.3. The summed E-state index contributed by atoms with van der Waals surface area (Å²) in [4.78, 5) is 33.6. The van der Waals surface area contributed by atoms with Crippen LogP contribution in [0.4, 0.5) is 5.69 Å². The Morgan fingerprint density at radius 2 is 1.89 bits per heavy atom. The molecule has 2 aliphatic carbocycles. The topological polar surface area (TPSA) is 121 Å². The first-order valence-electron chi connectivity index (χ1n) is 20.6. The monoisotopic (exact) mass is 812 g/mol. The number of anilines is 1. The maximum atomic E-state index is 14.0. The molecule has 0 aromatic heterocycles. The van der Waals surface area contributed by atoms with Gasteiger partial charge in [0.15, 0.2) is 0 Å². The van der Waals surface area contributed by atoms with Gasteiger partial charge in [0, 0.05) is 67.6 Å². The van der Waals surface area contributed by atoms with Crippen molar-refractivity contribution in [2.24, 2.45) is 17.8 Å². The molecule has 13 heteroatoms. The largest absolute Gasteiger partial charge is 0.490 e. The predicted octanol–water partition coefficient (Wildman–Crippen LogP) is 4.95. The second kappa shape index (κ2) is 17.2. The number of aliphatic hydroxyl groups is 1. The summed E-state index contributed by atoms with van der Waals surface area (Å²) in [7, 11) is -1.36. The van der Waals surface area contributed by atoms with Crippen molar-refractivity contribution < 1.29 is 33.1 Å². The molecule has 1 saturated carbocycles. The van der Waals surface area contributed by atoms with Gasteiger partial charge in [0.2, 0.25) is 5.91 Å². The number of benzene rings is 2. The number of methoxy groups -OCH3 is 1. The molecule has 3 aliphatic heterocycles. The highest BCUT2D eigenvalue weighted by atomic mass is 35.5. The number of rotatable bonds is 8. The molecule has 3 heterocycles. The lowest BCUT2D eigenvalue weighted by Crippen LogP contribution is -2.60. The fourth-order valence-electron chi connectivity index (χ4n) is 10.00. The van der Waals surface area contributed by atoms with Crippen molar-refractivity contribution in [1.82, 2.24) is 14.5 Å². The van der Waals surface area contributed by atoms with Gasteiger partial charge in [-0.15, -0.1) is 0 Å². The number of piperazine rings is 1. The van der Waals surface area contributed by atoms with Crippen molar-refractivity contribution in [2.75, 3.05) is 84.3 Å². The summed E-state index contributed by atoms with van der Waals surface area (Å²) >= 11 is 6.50. The summed E-state index contributed by atoms with van der Waals surface area (Å²) in [5.41, 5.74) is 2.45. The standard InChI is InChI=1S/C43H61ClN4O7S/c1-30-7-5-16-43(51,28-46-17-18-47(40(49)26-46)19-20-54-22-21-53-3)37-12-9-34(37)25-48-27-42(15-6-8-32-23-35(44)11-13-36(32)42)29-55-39-14-10-33(24-38(39)48)41(50)45-56(4,52)31(30)2/h10-11,13-14,23-24,30-31,34,37,51H,4-9,12,15-22,25-29H2,1-3H3,(H,45,50,52)/t30-,31+,34-,37+,42-,43-,56?/m0/s1. The summed E-state index contributed by atoms with van der Waals surface area (Å²) in [5.74, 6) is 4.61. The van der Waals surface area contributed by atoms with Crippen LogP contribution in [0.2, 0.25) is 5.02 Å². The van der Waals surface area contributed by atoms with Gasteiger partial charge in [-0.25, -0.2) is 4.21 Å². The maximum absolute atomic E-state index is 14.0. The average Bonchev–Trinajstić information content (AvgIpc) is 3.29. The van der Waals surface area contributed by atoms with Gasteiger partial charge in [0.25, 0.3) is 5.91 Å². The van der Waals surface area contributed by atoms with Crippen molar-refractivity contribution in [3.8, 4) is 5.75 Å². The second-order valence-corrected chi connectivity index (χ2v) is 20.1. The Kier molecular flexibility index (Phi) is 12.7. The third-order valence-electron chi connectivity index (χ3n) is 13.6. The molecule has 0 radical (unpaired) electrons. The first-order valence-corrected chi connectivity index (χ1v) is 22.8. The molecule has 7 atom stereocenters. The first-order chi connectivity index (χ1) is 26.8. The first kappa shape index (κ1) is 41.3. The fourth-order valence-corrected chi connectivity index (χ4v) is 11.7. The summed E-state index contributed by atoms with van der Waals surface area (Å²) < 4.78 is 34.2. The van der Waals surface area contributed by atoms with E-state index in [0.29, 0.717) is 83.4 Å². The number of nitrogens with one attached hydrogen (secondary N) is 1. The normalized spacial score (nSPS) is 32.8. The van der Waals surface area contributed by atoms with E-state index in [4.69, 9.17) is 25.8 Å². The minimum atomic E-state index is -3.00. The summed E-state index contributed by atoms with van der Waals surface area (Å²) in [6, 6.07) is 11.8. The predicted molar refractivity (Wildman–Crippen MR) is 222 cm³/mol. The quantitative estimate of drug-likeness (QED) is 0.282. The molecule has 308 valence electrons. The van der Waals surface area contributed by atoms with E-state index >= 15 is 0 Å². The number of nitrogens with zero attached hydrogens (tertiary/aromatic N) is 3. The highest BCUT2D eigenvalue weighted by Gasteiger charge is 2.50. The molecular formula is C43H61ClN4O7S. The van der Waals surface area contributed by atoms with Crippen LogP contribution in [0.25, 0.3) is 0 Å². The van der Waals surface area contributed by atoms with E-state index in [0.717, 1.165) is 55.7 Å². The zero-order valence-corrected chi connectivity index (χ0v) is 35.0. The highest BCUT2D eigenvalue weighted by molar-refractivity contribution is 7.99. The minimum absolute atomic E-state index is 0.00810. The lowest BCUT2D eigenvalue weighted by atomic mass is 9.62. The van der Waals surface area contributed by atoms with E-state index < -0.39 is 21.2 Å². The number of halogens is 1. The van der Waals surface area contributed by atoms with Crippen LogP contribution in [0, 0.1) is 17.8 Å². The number of hydrogen-bond acceptors (Lipinski definition) is 9. The van der Waals surface area contributed by atoms with Crippen LogP contribution in [-0.2, 0) is 35.8 Å². The number of fused-ring (bicyclic) bond motifs is 4. The van der Waals surface area contributed by atoms with E-state index in [9.17, 15) is 18.9 Å². The average molecular weight is 814 g/mol. The van der Waals surface area contributed by atoms with Crippen molar-refractivity contribution in [1.29, 1.82) is 0 Å². The van der Waals surface area contributed by atoms with Gasteiger partial charge < -0.3 is 29.1 Å². The Hall–Kier alpha value is -2.87. The van der Waals surface area contributed by atoms with E-state index in [1.165, 1.54) is 11.1 Å². The number of hydrogen-bond donors (Lipinski definition) is 2. The smallest absolute Gasteiger partial charge is 0.262 e. The Labute approximate surface area is 338 Å². The molecule has 2 N–H and O–H groups in total. The van der Waals surface area contributed by atoms with Crippen LogP contribution in [0.5, 0.6) is 5.75 Å². The van der Waals surface area contributed by atoms with Crippen LogP contribution in [0.1, 0.15) is 80.3 Å². The SMILES string of the molecule is C=S1(=O)NC(=O)c2ccc3c(c2)N(C[C@@H]2CC[C@H]2[C@@](O)(CN2CCN(CCOCCOC)C(=O)C2)CCC[C@H](C)[C@H]1C)C[C@@]1(CCCc2cc(Cl)ccc21)CO3. The van der Waals surface area contributed by atoms with E-state index in [-0.39, 0.29) is 40.9 Å². The van der Waals surface area contributed by atoms with Crippen molar-refractivity contribution in [3.63, 3.8) is 0 Å². The third-order valence-corrected chi connectivity index (χ3v) is 16.1. The number of ether oxygens (including phenoxy) is 3. The fraction of sp³-hybridized carbons (Fsp3) is 0.651. The summed E-state index contributed by atoms with van der Waals surface area (Å²) in [6.45, 7) is 9.82. The number of carbonyl (C=O) groups is 2. The molecule has 1 saturated heterocycles. The van der Waals surface area contributed by atoms with E-state index in [2.05, 4.69) is 39.4 Å². The molecule has 1 spiro atoms. The van der Waals surface area contributed by atoms with Crippen molar-refractivity contribution >= 4 is 44.7 Å². The number of amides is 2. The maximum Gasteiger partial charge on any atom is 0.262 e. The van der Waals surface area contributed by atoms with E-state index in [1.54, 1.807) is 13.2 Å². The Balaban J connectivity index is 1.19. The van der Waals surface area contributed by atoms with Gasteiger partial charge >= 0.3 is 0 Å². The number of aryl methyl sites for hydroxylation is 1. The molecule has 2 fully saturated rings. The molecule has 1 unspecified atom stereocenters. The number of β-amino-alcohol motifs (C(OH)–C–C–N with tert-alkyl or cyclic N) is 1. The Morgan fingerprint density at radius 3 is 2.66 bits per heavy atom. The third kappa shape index (κ3) is 8.76. The Morgan fingerprint density at radius 1 is 1.05 bits per heavy atom. The lowest BCUT2D eigenvalue weighted by Gasteiger charge is -2.52. The highest BCUT2D eigenvalue weighted by Crippen LogP contribution is 2.49. The van der Waals surface area contributed by atoms with Crippen LogP contribution in [0.15, 0.2) is 36.4 Å². The van der Waals surface area contributed by atoms with Gasteiger partial charge in [0.05, 0.1) is 54.0 Å².